The number of carbonyl (C=O) groups is 1. The van der Waals surface area contributed by atoms with Gasteiger partial charge in [0.25, 0.3) is 0 Å². The molecule has 1 aliphatic rings. The molecule has 1 saturated heterocycles. The first-order chi connectivity index (χ1) is 8.74. The number of unbranched alkanes of at least 4 members (excludes halogenated alkanes) is 3. The third-order valence-corrected chi connectivity index (χ3v) is 4.25. The minimum absolute atomic E-state index is 0.0465. The van der Waals surface area contributed by atoms with Crippen molar-refractivity contribution in [3.05, 3.63) is 0 Å². The third-order valence-electron chi connectivity index (χ3n) is 3.56. The second kappa shape index (κ2) is 9.68. The first kappa shape index (κ1) is 15.8. The molecule has 0 spiro atoms. The number of nitrogens with one attached hydrogen (secondary N) is 2. The highest BCUT2D eigenvalue weighted by Gasteiger charge is 2.23. The molecule has 106 valence electrons. The topological polar surface area (TPSA) is 41.1 Å². The summed E-state index contributed by atoms with van der Waals surface area (Å²) in [5.41, 5.74) is 0. The van der Waals surface area contributed by atoms with E-state index < -0.39 is 0 Å². The molecule has 1 heterocycles. The molecular formula is C14H28N2OS. The van der Waals surface area contributed by atoms with E-state index in [4.69, 9.17) is 0 Å². The van der Waals surface area contributed by atoms with Gasteiger partial charge in [0.2, 0.25) is 5.91 Å². The Labute approximate surface area is 116 Å². The molecule has 1 rings (SSSR count). The molecule has 2 atom stereocenters. The summed E-state index contributed by atoms with van der Waals surface area (Å²) < 4.78 is 0. The van der Waals surface area contributed by atoms with E-state index in [1.165, 1.54) is 31.4 Å². The van der Waals surface area contributed by atoms with Gasteiger partial charge in [-0.1, -0.05) is 19.8 Å². The highest BCUT2D eigenvalue weighted by atomic mass is 32.2. The molecule has 4 heteroatoms. The van der Waals surface area contributed by atoms with Crippen molar-refractivity contribution in [2.75, 3.05) is 25.1 Å². The summed E-state index contributed by atoms with van der Waals surface area (Å²) >= 11 is 1.91. The molecule has 0 aromatic heterocycles. The van der Waals surface area contributed by atoms with E-state index in [9.17, 15) is 4.79 Å². The van der Waals surface area contributed by atoms with Crippen LogP contribution in [0, 0.1) is 5.92 Å². The molecule has 0 aliphatic carbocycles. The third kappa shape index (κ3) is 6.64. The molecule has 0 aromatic carbocycles. The van der Waals surface area contributed by atoms with Crippen LogP contribution in [0.25, 0.3) is 0 Å². The average Bonchev–Trinajstić information content (AvgIpc) is 2.37. The van der Waals surface area contributed by atoms with E-state index in [2.05, 4.69) is 23.8 Å². The van der Waals surface area contributed by atoms with E-state index in [0.717, 1.165) is 25.9 Å². The van der Waals surface area contributed by atoms with Gasteiger partial charge in [-0.05, 0) is 50.2 Å². The number of piperidine rings is 1. The van der Waals surface area contributed by atoms with Gasteiger partial charge in [0.15, 0.2) is 0 Å². The Morgan fingerprint density at radius 3 is 2.83 bits per heavy atom. The van der Waals surface area contributed by atoms with E-state index in [1.807, 2.05) is 11.8 Å². The molecule has 2 unspecified atom stereocenters. The second-order valence-corrected chi connectivity index (χ2v) is 6.32. The fraction of sp³-hybridized carbons (Fsp3) is 0.929. The number of carbonyl (C=O) groups excluding carboxylic acids is 1. The predicted octanol–water partition coefficient (Wildman–Crippen LogP) is 2.41. The molecule has 0 saturated carbocycles. The van der Waals surface area contributed by atoms with Gasteiger partial charge in [0.1, 0.15) is 0 Å². The van der Waals surface area contributed by atoms with Gasteiger partial charge in [-0.25, -0.2) is 0 Å². The van der Waals surface area contributed by atoms with E-state index >= 15 is 0 Å². The Kier molecular flexibility index (Phi) is 8.51. The van der Waals surface area contributed by atoms with Gasteiger partial charge in [-0.3, -0.25) is 4.79 Å². The number of amides is 1. The maximum atomic E-state index is 11.9. The number of thioether (sulfide) groups is 1. The largest absolute Gasteiger partial charge is 0.355 e. The van der Waals surface area contributed by atoms with Crippen LogP contribution in [0.15, 0.2) is 0 Å². The fourth-order valence-electron chi connectivity index (χ4n) is 2.37. The number of rotatable bonds is 8. The van der Waals surface area contributed by atoms with Gasteiger partial charge in [0.05, 0.1) is 6.04 Å². The molecule has 3 nitrogen and oxygen atoms in total. The Balaban J connectivity index is 1.99. The highest BCUT2D eigenvalue weighted by molar-refractivity contribution is 7.98. The molecule has 0 radical (unpaired) electrons. The Bertz CT molecular complexity index is 236. The normalized spacial score (nSPS) is 23.9. The van der Waals surface area contributed by atoms with Crippen LogP contribution >= 0.6 is 11.8 Å². The molecule has 18 heavy (non-hydrogen) atoms. The fourth-order valence-corrected chi connectivity index (χ4v) is 2.86. The van der Waals surface area contributed by atoms with Crippen LogP contribution < -0.4 is 10.6 Å². The van der Waals surface area contributed by atoms with Gasteiger partial charge in [0, 0.05) is 6.54 Å². The zero-order valence-corrected chi connectivity index (χ0v) is 12.7. The van der Waals surface area contributed by atoms with Crippen LogP contribution in [-0.4, -0.2) is 37.0 Å². The SMILES string of the molecule is CSCCCCCCNC(=O)C1CC(C)CCN1. The minimum Gasteiger partial charge on any atom is -0.355 e. The van der Waals surface area contributed by atoms with Gasteiger partial charge in [-0.15, -0.1) is 0 Å². The lowest BCUT2D eigenvalue weighted by Crippen LogP contribution is -2.48. The zero-order chi connectivity index (χ0) is 13.2. The lowest BCUT2D eigenvalue weighted by Gasteiger charge is -2.27. The van der Waals surface area contributed by atoms with E-state index in [0.29, 0.717) is 5.92 Å². The second-order valence-electron chi connectivity index (χ2n) is 5.33. The van der Waals surface area contributed by atoms with Crippen molar-refractivity contribution in [3.63, 3.8) is 0 Å². The Hall–Kier alpha value is -0.220. The average molecular weight is 272 g/mol. The Morgan fingerprint density at radius 1 is 1.33 bits per heavy atom. The zero-order valence-electron chi connectivity index (χ0n) is 11.8. The smallest absolute Gasteiger partial charge is 0.237 e. The lowest BCUT2D eigenvalue weighted by molar-refractivity contribution is -0.124. The molecule has 1 amide bonds. The quantitative estimate of drug-likeness (QED) is 0.667. The summed E-state index contributed by atoms with van der Waals surface area (Å²) in [4.78, 5) is 11.9. The summed E-state index contributed by atoms with van der Waals surface area (Å²) in [6, 6.07) is 0.0465. The standard InChI is InChI=1S/C14H28N2OS/c1-12-7-9-15-13(11-12)14(17)16-8-5-3-4-6-10-18-2/h12-13,15H,3-11H2,1-2H3,(H,16,17). The van der Waals surface area contributed by atoms with Crippen LogP contribution in [0.2, 0.25) is 0 Å². The van der Waals surface area contributed by atoms with Gasteiger partial charge >= 0.3 is 0 Å². The van der Waals surface area contributed by atoms with Crippen molar-refractivity contribution in [1.29, 1.82) is 0 Å². The van der Waals surface area contributed by atoms with Gasteiger partial charge < -0.3 is 10.6 Å². The summed E-state index contributed by atoms with van der Waals surface area (Å²) in [5, 5.41) is 6.36. The summed E-state index contributed by atoms with van der Waals surface area (Å²) in [7, 11) is 0. The Morgan fingerprint density at radius 2 is 2.11 bits per heavy atom. The van der Waals surface area contributed by atoms with Crippen LogP contribution in [0.4, 0.5) is 0 Å². The summed E-state index contributed by atoms with van der Waals surface area (Å²) in [6.07, 6.45) is 9.27. The maximum Gasteiger partial charge on any atom is 0.237 e. The highest BCUT2D eigenvalue weighted by Crippen LogP contribution is 2.14. The van der Waals surface area contributed by atoms with Crippen molar-refractivity contribution in [3.8, 4) is 0 Å². The van der Waals surface area contributed by atoms with Crippen molar-refractivity contribution < 1.29 is 4.79 Å². The maximum absolute atomic E-state index is 11.9. The molecule has 1 fully saturated rings. The first-order valence-electron chi connectivity index (χ1n) is 7.24. The first-order valence-corrected chi connectivity index (χ1v) is 8.63. The molecule has 0 aromatic rings. The van der Waals surface area contributed by atoms with Gasteiger partial charge in [-0.2, -0.15) is 11.8 Å². The monoisotopic (exact) mass is 272 g/mol. The molecule has 0 bridgehead atoms. The van der Waals surface area contributed by atoms with Crippen LogP contribution in [-0.2, 0) is 4.79 Å². The van der Waals surface area contributed by atoms with Crippen molar-refractivity contribution in [1.82, 2.24) is 10.6 Å². The lowest BCUT2D eigenvalue weighted by atomic mass is 9.94. The van der Waals surface area contributed by atoms with E-state index in [1.54, 1.807) is 0 Å². The van der Waals surface area contributed by atoms with Crippen molar-refractivity contribution >= 4 is 17.7 Å². The number of hydrogen-bond donors (Lipinski definition) is 2. The van der Waals surface area contributed by atoms with Crippen LogP contribution in [0.3, 0.4) is 0 Å². The number of hydrogen-bond acceptors (Lipinski definition) is 3. The van der Waals surface area contributed by atoms with Crippen LogP contribution in [0.1, 0.15) is 45.4 Å². The summed E-state index contributed by atoms with van der Waals surface area (Å²) in [6.45, 7) is 4.05. The van der Waals surface area contributed by atoms with Crippen LogP contribution in [0.5, 0.6) is 0 Å². The predicted molar refractivity (Wildman–Crippen MR) is 80.0 cm³/mol. The molecular weight excluding hydrogens is 244 g/mol. The van der Waals surface area contributed by atoms with Crippen molar-refractivity contribution in [2.24, 2.45) is 5.92 Å². The van der Waals surface area contributed by atoms with Crippen molar-refractivity contribution in [2.45, 2.75) is 51.5 Å². The molecule has 2 N–H and O–H groups in total. The molecule has 1 aliphatic heterocycles. The minimum atomic E-state index is 0.0465. The van der Waals surface area contributed by atoms with E-state index in [-0.39, 0.29) is 11.9 Å². The summed E-state index contributed by atoms with van der Waals surface area (Å²) in [5.74, 6) is 2.13.